The molecule has 2 aromatic rings. The average Bonchev–Trinajstić information content (AvgIpc) is 2.37. The summed E-state index contributed by atoms with van der Waals surface area (Å²) in [5.41, 5.74) is -1.21. The maximum atomic E-state index is 13.0. The SMILES string of the molecule is NS(=O)(=O)c1cccc(C(F)(F)F)c1Oc1ccccc1. The number of para-hydroxylation sites is 2. The van der Waals surface area contributed by atoms with Crippen LogP contribution in [0.5, 0.6) is 11.5 Å². The molecule has 8 heteroatoms. The van der Waals surface area contributed by atoms with Crippen LogP contribution < -0.4 is 9.88 Å². The number of benzene rings is 2. The Morgan fingerprint density at radius 3 is 2.10 bits per heavy atom. The Hall–Kier alpha value is -2.06. The Morgan fingerprint density at radius 2 is 1.57 bits per heavy atom. The minimum atomic E-state index is -4.77. The van der Waals surface area contributed by atoms with Gasteiger partial charge in [0.05, 0.1) is 5.56 Å². The molecule has 0 unspecified atom stereocenters. The predicted octanol–water partition coefficient (Wildman–Crippen LogP) is 3.15. The first kappa shape index (κ1) is 15.3. The molecule has 0 heterocycles. The van der Waals surface area contributed by atoms with Crippen molar-refractivity contribution in [1.29, 1.82) is 0 Å². The minimum absolute atomic E-state index is 0.0686. The number of hydrogen-bond donors (Lipinski definition) is 1. The first-order chi connectivity index (χ1) is 9.69. The largest absolute Gasteiger partial charge is 0.455 e. The summed E-state index contributed by atoms with van der Waals surface area (Å²) in [7, 11) is -4.36. The van der Waals surface area contributed by atoms with E-state index in [9.17, 15) is 21.6 Å². The highest BCUT2D eigenvalue weighted by Gasteiger charge is 2.37. The van der Waals surface area contributed by atoms with Gasteiger partial charge in [0.25, 0.3) is 0 Å². The van der Waals surface area contributed by atoms with Gasteiger partial charge in [-0.2, -0.15) is 13.2 Å². The van der Waals surface area contributed by atoms with Gasteiger partial charge in [0, 0.05) is 0 Å². The Kier molecular flexibility index (Phi) is 3.93. The van der Waals surface area contributed by atoms with E-state index in [4.69, 9.17) is 9.88 Å². The molecule has 4 nitrogen and oxygen atoms in total. The molecule has 21 heavy (non-hydrogen) atoms. The number of rotatable bonds is 3. The van der Waals surface area contributed by atoms with Gasteiger partial charge in [-0.1, -0.05) is 24.3 Å². The fourth-order valence-corrected chi connectivity index (χ4v) is 2.35. The zero-order valence-electron chi connectivity index (χ0n) is 10.5. The van der Waals surface area contributed by atoms with E-state index >= 15 is 0 Å². The smallest absolute Gasteiger partial charge is 0.420 e. The van der Waals surface area contributed by atoms with E-state index in [0.29, 0.717) is 0 Å². The van der Waals surface area contributed by atoms with E-state index in [1.807, 2.05) is 0 Å². The molecule has 0 spiro atoms. The number of sulfonamides is 1. The fraction of sp³-hybridized carbons (Fsp3) is 0.0769. The molecule has 2 N–H and O–H groups in total. The summed E-state index contributed by atoms with van der Waals surface area (Å²) in [5, 5.41) is 4.95. The summed E-state index contributed by atoms with van der Waals surface area (Å²) in [4.78, 5) is -0.721. The maximum Gasteiger partial charge on any atom is 0.420 e. The lowest BCUT2D eigenvalue weighted by Crippen LogP contribution is -2.16. The second-order valence-electron chi connectivity index (χ2n) is 4.09. The third-order valence-corrected chi connectivity index (χ3v) is 3.49. The van der Waals surface area contributed by atoms with Crippen molar-refractivity contribution in [3.05, 3.63) is 54.1 Å². The number of alkyl halides is 3. The van der Waals surface area contributed by atoms with Crippen LogP contribution in [-0.2, 0) is 16.2 Å². The van der Waals surface area contributed by atoms with Crippen LogP contribution in [0.25, 0.3) is 0 Å². The van der Waals surface area contributed by atoms with Crippen LogP contribution in [0.2, 0.25) is 0 Å². The number of ether oxygens (including phenoxy) is 1. The Balaban J connectivity index is 2.65. The molecule has 0 fully saturated rings. The molecule has 0 amide bonds. The van der Waals surface area contributed by atoms with E-state index in [-0.39, 0.29) is 5.75 Å². The van der Waals surface area contributed by atoms with Gasteiger partial charge in [-0.05, 0) is 24.3 Å². The van der Waals surface area contributed by atoms with Crippen molar-refractivity contribution in [2.75, 3.05) is 0 Å². The van der Waals surface area contributed by atoms with E-state index in [0.717, 1.165) is 18.2 Å². The van der Waals surface area contributed by atoms with Crippen molar-refractivity contribution in [1.82, 2.24) is 0 Å². The van der Waals surface area contributed by atoms with Gasteiger partial charge >= 0.3 is 6.18 Å². The van der Waals surface area contributed by atoms with Crippen LogP contribution in [0, 0.1) is 0 Å². The summed E-state index contributed by atoms with van der Waals surface area (Å²) < 4.78 is 67.0. The molecule has 0 aliphatic carbocycles. The zero-order chi connectivity index (χ0) is 15.7. The van der Waals surface area contributed by atoms with Crippen LogP contribution >= 0.6 is 0 Å². The monoisotopic (exact) mass is 317 g/mol. The maximum absolute atomic E-state index is 13.0. The van der Waals surface area contributed by atoms with Crippen molar-refractivity contribution >= 4 is 10.0 Å². The number of halogens is 3. The number of nitrogens with two attached hydrogens (primary N) is 1. The molecule has 2 aromatic carbocycles. The second kappa shape index (κ2) is 5.38. The van der Waals surface area contributed by atoms with Crippen LogP contribution in [-0.4, -0.2) is 8.42 Å². The highest BCUT2D eigenvalue weighted by atomic mass is 32.2. The minimum Gasteiger partial charge on any atom is -0.455 e. The fourth-order valence-electron chi connectivity index (χ4n) is 1.67. The van der Waals surface area contributed by atoms with Gasteiger partial charge in [0.2, 0.25) is 10.0 Å². The Labute approximate surface area is 119 Å². The van der Waals surface area contributed by atoms with E-state index in [2.05, 4.69) is 0 Å². The Bertz CT molecular complexity index is 743. The lowest BCUT2D eigenvalue weighted by molar-refractivity contribution is -0.138. The molecule has 0 aliphatic heterocycles. The molecule has 0 radical (unpaired) electrons. The van der Waals surface area contributed by atoms with Crippen LogP contribution in [0.15, 0.2) is 53.4 Å². The van der Waals surface area contributed by atoms with Crippen molar-refractivity contribution < 1.29 is 26.3 Å². The van der Waals surface area contributed by atoms with Gasteiger partial charge in [0.1, 0.15) is 10.6 Å². The summed E-state index contributed by atoms with van der Waals surface area (Å²) in [6, 6.07) is 10.2. The normalized spacial score (nSPS) is 12.2. The number of primary sulfonamides is 1. The highest BCUT2D eigenvalue weighted by molar-refractivity contribution is 7.89. The van der Waals surface area contributed by atoms with E-state index in [1.54, 1.807) is 18.2 Å². The lowest BCUT2D eigenvalue weighted by atomic mass is 10.2. The topological polar surface area (TPSA) is 69.4 Å². The van der Waals surface area contributed by atoms with E-state index < -0.39 is 32.4 Å². The zero-order valence-corrected chi connectivity index (χ0v) is 11.3. The molecule has 112 valence electrons. The Morgan fingerprint density at radius 1 is 0.952 bits per heavy atom. The van der Waals surface area contributed by atoms with Gasteiger partial charge in [-0.3, -0.25) is 0 Å². The summed E-state index contributed by atoms with van der Waals surface area (Å²) >= 11 is 0. The third kappa shape index (κ3) is 3.53. The van der Waals surface area contributed by atoms with Crippen LogP contribution in [0.3, 0.4) is 0 Å². The van der Waals surface area contributed by atoms with Gasteiger partial charge in [-0.25, -0.2) is 13.6 Å². The van der Waals surface area contributed by atoms with Gasteiger partial charge in [0.15, 0.2) is 5.75 Å². The molecule has 0 atom stereocenters. The van der Waals surface area contributed by atoms with Crippen LogP contribution in [0.1, 0.15) is 5.56 Å². The summed E-state index contributed by atoms with van der Waals surface area (Å²) in [6.45, 7) is 0. The molecule has 0 bridgehead atoms. The first-order valence-corrected chi connectivity index (χ1v) is 7.20. The van der Waals surface area contributed by atoms with Crippen molar-refractivity contribution in [3.63, 3.8) is 0 Å². The van der Waals surface area contributed by atoms with Crippen molar-refractivity contribution in [2.45, 2.75) is 11.1 Å². The molecule has 2 rings (SSSR count). The highest BCUT2D eigenvalue weighted by Crippen LogP contribution is 2.41. The third-order valence-electron chi connectivity index (χ3n) is 2.55. The molecular formula is C13H10F3NO3S. The lowest BCUT2D eigenvalue weighted by Gasteiger charge is -2.16. The van der Waals surface area contributed by atoms with Gasteiger partial charge in [-0.15, -0.1) is 0 Å². The predicted molar refractivity (Wildman–Crippen MR) is 69.3 cm³/mol. The van der Waals surface area contributed by atoms with Crippen molar-refractivity contribution in [2.24, 2.45) is 5.14 Å². The molecular weight excluding hydrogens is 307 g/mol. The molecule has 0 saturated heterocycles. The number of hydrogen-bond acceptors (Lipinski definition) is 3. The average molecular weight is 317 g/mol. The van der Waals surface area contributed by atoms with E-state index in [1.165, 1.54) is 12.1 Å². The van der Waals surface area contributed by atoms with Crippen molar-refractivity contribution in [3.8, 4) is 11.5 Å². The van der Waals surface area contributed by atoms with Crippen LogP contribution in [0.4, 0.5) is 13.2 Å². The quantitative estimate of drug-likeness (QED) is 0.945. The summed E-state index contributed by atoms with van der Waals surface area (Å²) in [6.07, 6.45) is -4.77. The first-order valence-electron chi connectivity index (χ1n) is 5.65. The van der Waals surface area contributed by atoms with Gasteiger partial charge < -0.3 is 4.74 Å². The standard InChI is InChI=1S/C13H10F3NO3S/c14-13(15,16)10-7-4-8-11(21(17,18)19)12(10)20-9-5-2-1-3-6-9/h1-8H,(H2,17,18,19). The molecule has 0 saturated carbocycles. The molecule has 0 aromatic heterocycles. The second-order valence-corrected chi connectivity index (χ2v) is 5.62. The molecule has 0 aliphatic rings. The summed E-state index contributed by atoms with van der Waals surface area (Å²) in [5.74, 6) is -0.766.